The molecule has 0 aromatic heterocycles. The Bertz CT molecular complexity index is 1430. The molecule has 18 heteroatoms. The van der Waals surface area contributed by atoms with Crippen LogP contribution in [0.4, 0.5) is 0 Å². The molecule has 194 valence electrons. The summed E-state index contributed by atoms with van der Waals surface area (Å²) in [5, 5.41) is 0.472. The van der Waals surface area contributed by atoms with Gasteiger partial charge in [0.05, 0.1) is 0 Å². The van der Waals surface area contributed by atoms with Crippen molar-refractivity contribution in [2.45, 2.75) is 0 Å². The minimum Gasteiger partial charge on any atom is -0.370 e. The molecule has 2 aromatic carbocycles. The predicted octanol–water partition coefficient (Wildman–Crippen LogP) is 0.522. The van der Waals surface area contributed by atoms with E-state index in [0.29, 0.717) is 5.56 Å². The second-order valence-corrected chi connectivity index (χ2v) is 10.8. The summed E-state index contributed by atoms with van der Waals surface area (Å²) in [5.74, 6) is -6.47. The summed E-state index contributed by atoms with van der Waals surface area (Å²) in [4.78, 5) is 32.3. The smallest absolute Gasteiger partial charge is 0.283 e. The first-order chi connectivity index (χ1) is 16.4. The molecule has 14 nitrogen and oxygen atoms in total. The molecule has 0 fully saturated rings. The van der Waals surface area contributed by atoms with E-state index in [1.165, 1.54) is 30.3 Å². The summed E-state index contributed by atoms with van der Waals surface area (Å²) in [6, 6.07) is 8.01. The van der Waals surface area contributed by atoms with Gasteiger partial charge in [-0.3, -0.25) is 18.7 Å². The summed E-state index contributed by atoms with van der Waals surface area (Å²) in [7, 11) is -9.70. The van der Waals surface area contributed by atoms with Crippen LogP contribution in [0.2, 0.25) is 10.0 Å². The van der Waals surface area contributed by atoms with Gasteiger partial charge in [0.2, 0.25) is 5.96 Å². The van der Waals surface area contributed by atoms with Crippen molar-refractivity contribution in [1.29, 1.82) is 0 Å². The first-order valence-electron chi connectivity index (χ1n) is 9.23. The molecule has 2 amide bonds. The second-order valence-electron chi connectivity index (χ2n) is 7.04. The van der Waals surface area contributed by atoms with Crippen molar-refractivity contribution in [2.24, 2.45) is 27.2 Å². The van der Waals surface area contributed by atoms with Crippen LogP contribution in [0.5, 0.6) is 0 Å². The van der Waals surface area contributed by atoms with E-state index in [0.717, 1.165) is 6.07 Å². The zero-order chi connectivity index (χ0) is 27.4. The molecule has 0 radical (unpaired) electrons. The normalized spacial score (nSPS) is 12.2. The van der Waals surface area contributed by atoms with Crippen molar-refractivity contribution in [3.8, 4) is 11.1 Å². The highest BCUT2D eigenvalue weighted by Crippen LogP contribution is 2.29. The summed E-state index contributed by atoms with van der Waals surface area (Å²) in [6.07, 6.45) is 0. The van der Waals surface area contributed by atoms with Gasteiger partial charge in [0, 0.05) is 21.2 Å². The SMILES string of the molecule is NC(N)=NC(=O)c1cc(C(=O)N=C(N)N(CS(=O)(=O)O)CS(=O)(=O)O)cc(-c2cc(Cl)cc(Cl)c2)c1. The molecule has 0 aliphatic carbocycles. The van der Waals surface area contributed by atoms with E-state index in [2.05, 4.69) is 9.98 Å². The van der Waals surface area contributed by atoms with E-state index in [4.69, 9.17) is 49.5 Å². The molecule has 0 heterocycles. The van der Waals surface area contributed by atoms with Gasteiger partial charge < -0.3 is 22.1 Å². The molecule has 0 aliphatic heterocycles. The summed E-state index contributed by atoms with van der Waals surface area (Å²) < 4.78 is 62.9. The van der Waals surface area contributed by atoms with E-state index in [-0.39, 0.29) is 31.6 Å². The monoisotopic (exact) mass is 580 g/mol. The molecule has 0 bridgehead atoms. The Morgan fingerprint density at radius 1 is 0.750 bits per heavy atom. The van der Waals surface area contributed by atoms with Gasteiger partial charge in [-0.2, -0.15) is 26.8 Å². The van der Waals surface area contributed by atoms with Gasteiger partial charge in [-0.15, -0.1) is 0 Å². The molecule has 0 atom stereocenters. The highest BCUT2D eigenvalue weighted by atomic mass is 35.5. The predicted molar refractivity (Wildman–Crippen MR) is 133 cm³/mol. The van der Waals surface area contributed by atoms with E-state index in [1.807, 2.05) is 0 Å². The van der Waals surface area contributed by atoms with Crippen LogP contribution in [-0.2, 0) is 20.2 Å². The molecule has 0 saturated heterocycles. The van der Waals surface area contributed by atoms with E-state index >= 15 is 0 Å². The average molecular weight is 581 g/mol. The lowest BCUT2D eigenvalue weighted by Crippen LogP contribution is -2.44. The fourth-order valence-corrected chi connectivity index (χ4v) is 4.62. The van der Waals surface area contributed by atoms with Gasteiger partial charge in [0.1, 0.15) is 11.8 Å². The van der Waals surface area contributed by atoms with Gasteiger partial charge in [-0.25, -0.2) is 0 Å². The molecule has 0 aliphatic rings. The number of hydrogen-bond acceptors (Lipinski definition) is 6. The third kappa shape index (κ3) is 9.06. The first-order valence-corrected chi connectivity index (χ1v) is 13.2. The standard InChI is InChI=1S/C18H18Cl2N6O8S2/c19-13-4-10(5-14(20)6-13)9-1-11(15(27)24-17(21)22)3-12(2-9)16(28)25-18(23)26(7-35(29,30)31)8-36(32,33)34/h1-6H,7-8H2,(H2,23,25,28)(H,29,30,31)(H,32,33,34)(H4,21,22,24,27). The number of rotatable bonds is 7. The lowest BCUT2D eigenvalue weighted by molar-refractivity contribution is 0.100. The Morgan fingerprint density at radius 3 is 1.58 bits per heavy atom. The zero-order valence-electron chi connectivity index (χ0n) is 17.9. The largest absolute Gasteiger partial charge is 0.370 e. The lowest BCUT2D eigenvalue weighted by atomic mass is 9.99. The van der Waals surface area contributed by atoms with Crippen molar-refractivity contribution in [2.75, 3.05) is 11.8 Å². The number of guanidine groups is 2. The van der Waals surface area contributed by atoms with Gasteiger partial charge in [-0.1, -0.05) is 23.2 Å². The number of benzene rings is 2. The Kier molecular flexibility index (Phi) is 9.00. The molecular formula is C18H18Cl2N6O8S2. The maximum absolute atomic E-state index is 12.8. The first kappa shape index (κ1) is 29.0. The zero-order valence-corrected chi connectivity index (χ0v) is 21.0. The molecule has 2 rings (SSSR count). The number of aliphatic imine (C=N–C) groups is 2. The summed E-state index contributed by atoms with van der Waals surface area (Å²) >= 11 is 12.1. The van der Waals surface area contributed by atoms with Crippen molar-refractivity contribution in [3.05, 3.63) is 57.6 Å². The molecule has 0 unspecified atom stereocenters. The summed E-state index contributed by atoms with van der Waals surface area (Å²) in [6.45, 7) is 0. The fraction of sp³-hybridized carbons (Fsp3) is 0.111. The number of hydrogen-bond donors (Lipinski definition) is 5. The van der Waals surface area contributed by atoms with Crippen molar-refractivity contribution in [3.63, 3.8) is 0 Å². The molecule has 0 spiro atoms. The lowest BCUT2D eigenvalue weighted by Gasteiger charge is -2.19. The molecule has 0 saturated carbocycles. The van der Waals surface area contributed by atoms with Crippen LogP contribution < -0.4 is 17.2 Å². The van der Waals surface area contributed by atoms with Crippen LogP contribution >= 0.6 is 23.2 Å². The van der Waals surface area contributed by atoms with Crippen LogP contribution in [-0.4, -0.2) is 66.3 Å². The Hall–Kier alpha value is -3.28. The Labute approximate surface area is 214 Å². The molecule has 2 aromatic rings. The number of amides is 2. The fourth-order valence-electron chi connectivity index (χ4n) is 2.75. The quantitative estimate of drug-likeness (QED) is 0.171. The third-order valence-corrected chi connectivity index (χ3v) is 5.74. The van der Waals surface area contributed by atoms with Gasteiger partial charge in [-0.05, 0) is 47.5 Å². The maximum Gasteiger partial charge on any atom is 0.283 e. The number of carbonyl (C=O) groups is 2. The number of nitrogens with zero attached hydrogens (tertiary/aromatic N) is 3. The van der Waals surface area contributed by atoms with Crippen molar-refractivity contribution < 1.29 is 35.5 Å². The minimum atomic E-state index is -4.85. The van der Waals surface area contributed by atoms with Crippen LogP contribution in [0.3, 0.4) is 0 Å². The van der Waals surface area contributed by atoms with Crippen LogP contribution in [0.25, 0.3) is 11.1 Å². The average Bonchev–Trinajstić information content (AvgIpc) is 2.69. The minimum absolute atomic E-state index is 0.179. The number of carbonyl (C=O) groups excluding carboxylic acids is 2. The van der Waals surface area contributed by atoms with Crippen LogP contribution in [0.15, 0.2) is 46.4 Å². The van der Waals surface area contributed by atoms with Crippen LogP contribution in [0.1, 0.15) is 20.7 Å². The van der Waals surface area contributed by atoms with Gasteiger partial charge in [0.15, 0.2) is 5.96 Å². The van der Waals surface area contributed by atoms with E-state index in [9.17, 15) is 26.4 Å². The van der Waals surface area contributed by atoms with Crippen molar-refractivity contribution >= 4 is 67.2 Å². The highest BCUT2D eigenvalue weighted by Gasteiger charge is 2.23. The highest BCUT2D eigenvalue weighted by molar-refractivity contribution is 7.86. The number of halogens is 2. The maximum atomic E-state index is 12.8. The van der Waals surface area contributed by atoms with E-state index in [1.54, 1.807) is 0 Å². The second kappa shape index (κ2) is 11.2. The third-order valence-electron chi connectivity index (χ3n) is 4.03. The Balaban J connectivity index is 2.64. The Morgan fingerprint density at radius 2 is 1.17 bits per heavy atom. The molecule has 36 heavy (non-hydrogen) atoms. The van der Waals surface area contributed by atoms with Gasteiger partial charge >= 0.3 is 0 Å². The summed E-state index contributed by atoms with van der Waals surface area (Å²) in [5.41, 5.74) is 16.2. The molecule has 8 N–H and O–H groups in total. The van der Waals surface area contributed by atoms with Gasteiger partial charge in [0.25, 0.3) is 32.1 Å². The van der Waals surface area contributed by atoms with Crippen molar-refractivity contribution in [1.82, 2.24) is 4.90 Å². The topological polar surface area (TPSA) is 249 Å². The van der Waals surface area contributed by atoms with Crippen LogP contribution in [0, 0.1) is 0 Å². The molecular weight excluding hydrogens is 563 g/mol. The number of nitrogens with two attached hydrogens (primary N) is 3. The van der Waals surface area contributed by atoms with E-state index < -0.39 is 55.7 Å².